The van der Waals surface area contributed by atoms with Crippen molar-refractivity contribution in [3.05, 3.63) is 59.4 Å². The molecule has 29 heavy (non-hydrogen) atoms. The zero-order chi connectivity index (χ0) is 20.2. The molecule has 2 aromatic heterocycles. The van der Waals surface area contributed by atoms with Crippen LogP contribution in [0.2, 0.25) is 0 Å². The van der Waals surface area contributed by atoms with E-state index in [4.69, 9.17) is 0 Å². The van der Waals surface area contributed by atoms with E-state index in [-0.39, 0.29) is 17.9 Å². The molecule has 0 saturated carbocycles. The molecular weight excluding hydrogens is 380 g/mol. The molecule has 0 bridgehead atoms. The first kappa shape index (κ1) is 19.6. The van der Waals surface area contributed by atoms with Crippen molar-refractivity contribution in [3.8, 4) is 0 Å². The zero-order valence-corrected chi connectivity index (χ0v) is 17.6. The van der Waals surface area contributed by atoms with Gasteiger partial charge in [-0.15, -0.1) is 11.3 Å². The standard InChI is InChI=1S/C23H26N4OS/c1-15(2)22(23-25-16-9-3-4-10-17(16)26-23)27-20(28)13-7-8-14-21-24-18-11-5-6-12-19(18)29-21/h3-6,9-12,15,22H,7-8,13-14H2,1-2H3,(H,25,26)(H,27,28)/t22-/m1/s1. The van der Waals surface area contributed by atoms with Crippen LogP contribution in [0.4, 0.5) is 0 Å². The number of amides is 1. The van der Waals surface area contributed by atoms with Gasteiger partial charge in [-0.1, -0.05) is 38.1 Å². The fourth-order valence-corrected chi connectivity index (χ4v) is 4.51. The highest BCUT2D eigenvalue weighted by Crippen LogP contribution is 2.24. The zero-order valence-electron chi connectivity index (χ0n) is 16.8. The molecule has 0 radical (unpaired) electrons. The SMILES string of the molecule is CC(C)[C@@H](NC(=O)CCCCc1nc2ccccc2s1)c1nc2ccccc2[nH]1. The number of aromatic amines is 1. The maximum absolute atomic E-state index is 12.5. The quantitative estimate of drug-likeness (QED) is 0.385. The molecule has 0 aliphatic heterocycles. The minimum Gasteiger partial charge on any atom is -0.346 e. The third-order valence-electron chi connectivity index (χ3n) is 5.07. The molecule has 4 aromatic rings. The number of nitrogens with one attached hydrogen (secondary N) is 2. The number of H-pyrrole nitrogens is 1. The fraction of sp³-hybridized carbons (Fsp3) is 0.348. The predicted molar refractivity (Wildman–Crippen MR) is 119 cm³/mol. The number of thiazole rings is 1. The minimum atomic E-state index is -0.112. The molecule has 0 unspecified atom stereocenters. The van der Waals surface area contributed by atoms with Gasteiger partial charge in [0.1, 0.15) is 5.82 Å². The predicted octanol–water partition coefficient (Wildman–Crippen LogP) is 5.40. The lowest BCUT2D eigenvalue weighted by Crippen LogP contribution is -2.32. The number of hydrogen-bond donors (Lipinski definition) is 2. The number of imidazole rings is 1. The van der Waals surface area contributed by atoms with Gasteiger partial charge in [-0.2, -0.15) is 0 Å². The van der Waals surface area contributed by atoms with Crippen LogP contribution in [0.25, 0.3) is 21.3 Å². The molecule has 0 aliphatic rings. The average Bonchev–Trinajstić information content (AvgIpc) is 3.32. The van der Waals surface area contributed by atoms with Crippen molar-refractivity contribution in [1.29, 1.82) is 0 Å². The van der Waals surface area contributed by atoms with E-state index >= 15 is 0 Å². The number of carbonyl (C=O) groups is 1. The van der Waals surface area contributed by atoms with E-state index in [2.05, 4.69) is 40.2 Å². The van der Waals surface area contributed by atoms with E-state index in [9.17, 15) is 4.79 Å². The summed E-state index contributed by atoms with van der Waals surface area (Å²) in [5.41, 5.74) is 2.99. The Morgan fingerprint density at radius 1 is 1.03 bits per heavy atom. The van der Waals surface area contributed by atoms with Crippen LogP contribution in [-0.2, 0) is 11.2 Å². The molecule has 5 nitrogen and oxygen atoms in total. The smallest absolute Gasteiger partial charge is 0.220 e. The summed E-state index contributed by atoms with van der Waals surface area (Å²) in [6.45, 7) is 4.20. The molecule has 0 aliphatic carbocycles. The minimum absolute atomic E-state index is 0.0773. The molecule has 6 heteroatoms. The van der Waals surface area contributed by atoms with Gasteiger partial charge in [0, 0.05) is 6.42 Å². The number of aryl methyl sites for hydroxylation is 1. The van der Waals surface area contributed by atoms with Crippen molar-refractivity contribution in [1.82, 2.24) is 20.3 Å². The van der Waals surface area contributed by atoms with Crippen LogP contribution in [0.15, 0.2) is 48.5 Å². The molecule has 2 aromatic carbocycles. The largest absolute Gasteiger partial charge is 0.346 e. The number of unbranched alkanes of at least 4 members (excludes halogenated alkanes) is 1. The molecule has 2 heterocycles. The molecule has 1 amide bonds. The van der Waals surface area contributed by atoms with Crippen molar-refractivity contribution in [2.75, 3.05) is 0 Å². The molecule has 0 saturated heterocycles. The van der Waals surface area contributed by atoms with Gasteiger partial charge in [0.15, 0.2) is 0 Å². The second-order valence-corrected chi connectivity index (χ2v) is 8.83. The second-order valence-electron chi connectivity index (χ2n) is 7.71. The summed E-state index contributed by atoms with van der Waals surface area (Å²) < 4.78 is 1.23. The summed E-state index contributed by atoms with van der Waals surface area (Å²) in [6, 6.07) is 16.1. The summed E-state index contributed by atoms with van der Waals surface area (Å²) in [6.07, 6.45) is 3.26. The lowest BCUT2D eigenvalue weighted by Gasteiger charge is -2.20. The third kappa shape index (κ3) is 4.65. The number of carbonyl (C=O) groups excluding carboxylic acids is 1. The topological polar surface area (TPSA) is 70.7 Å². The molecule has 4 rings (SSSR count). The van der Waals surface area contributed by atoms with Crippen LogP contribution in [0, 0.1) is 5.92 Å². The summed E-state index contributed by atoms with van der Waals surface area (Å²) in [4.78, 5) is 25.2. The molecular formula is C23H26N4OS. The molecule has 2 N–H and O–H groups in total. The Bertz CT molecular complexity index is 1050. The first-order valence-corrected chi connectivity index (χ1v) is 11.0. The van der Waals surface area contributed by atoms with Crippen LogP contribution in [-0.4, -0.2) is 20.9 Å². The van der Waals surface area contributed by atoms with Crippen molar-refractivity contribution in [2.45, 2.75) is 45.6 Å². The van der Waals surface area contributed by atoms with Gasteiger partial charge in [0.05, 0.1) is 32.3 Å². The van der Waals surface area contributed by atoms with Crippen molar-refractivity contribution in [3.63, 3.8) is 0 Å². The van der Waals surface area contributed by atoms with Crippen LogP contribution in [0.3, 0.4) is 0 Å². The third-order valence-corrected chi connectivity index (χ3v) is 6.16. The molecule has 1 atom stereocenters. The van der Waals surface area contributed by atoms with Crippen LogP contribution in [0.1, 0.15) is 50.0 Å². The monoisotopic (exact) mass is 406 g/mol. The van der Waals surface area contributed by atoms with E-state index in [0.717, 1.165) is 46.6 Å². The Labute approximate surface area is 174 Å². The van der Waals surface area contributed by atoms with Gasteiger partial charge in [0.25, 0.3) is 0 Å². The average molecular weight is 407 g/mol. The number of fused-ring (bicyclic) bond motifs is 2. The number of nitrogens with zero attached hydrogens (tertiary/aromatic N) is 2. The lowest BCUT2D eigenvalue weighted by molar-refractivity contribution is -0.122. The first-order chi connectivity index (χ1) is 14.1. The highest BCUT2D eigenvalue weighted by atomic mass is 32.1. The summed E-state index contributed by atoms with van der Waals surface area (Å²) >= 11 is 1.75. The summed E-state index contributed by atoms with van der Waals surface area (Å²) in [5.74, 6) is 1.15. The number of rotatable bonds is 8. The van der Waals surface area contributed by atoms with Crippen LogP contribution < -0.4 is 5.32 Å². The van der Waals surface area contributed by atoms with Gasteiger partial charge in [-0.25, -0.2) is 9.97 Å². The highest BCUT2D eigenvalue weighted by Gasteiger charge is 2.21. The highest BCUT2D eigenvalue weighted by molar-refractivity contribution is 7.18. The normalized spacial score (nSPS) is 12.7. The Morgan fingerprint density at radius 2 is 1.79 bits per heavy atom. The van der Waals surface area contributed by atoms with E-state index < -0.39 is 0 Å². The Kier molecular flexibility index (Phi) is 5.90. The van der Waals surface area contributed by atoms with Gasteiger partial charge in [-0.05, 0) is 49.4 Å². The van der Waals surface area contributed by atoms with E-state index in [1.165, 1.54) is 4.70 Å². The van der Waals surface area contributed by atoms with Crippen molar-refractivity contribution < 1.29 is 4.79 Å². The number of benzene rings is 2. The molecule has 150 valence electrons. The Morgan fingerprint density at radius 3 is 2.55 bits per heavy atom. The van der Waals surface area contributed by atoms with Gasteiger partial charge >= 0.3 is 0 Å². The van der Waals surface area contributed by atoms with Crippen molar-refractivity contribution in [2.24, 2.45) is 5.92 Å². The van der Waals surface area contributed by atoms with Gasteiger partial charge < -0.3 is 10.3 Å². The van der Waals surface area contributed by atoms with Crippen LogP contribution in [0.5, 0.6) is 0 Å². The van der Waals surface area contributed by atoms with Gasteiger partial charge in [0.2, 0.25) is 5.91 Å². The Balaban J connectivity index is 1.30. The van der Waals surface area contributed by atoms with Crippen molar-refractivity contribution >= 4 is 38.5 Å². The van der Waals surface area contributed by atoms with E-state index in [1.54, 1.807) is 11.3 Å². The molecule has 0 fully saturated rings. The summed E-state index contributed by atoms with van der Waals surface area (Å²) in [5, 5.41) is 4.32. The van der Waals surface area contributed by atoms with E-state index in [0.29, 0.717) is 6.42 Å². The first-order valence-electron chi connectivity index (χ1n) is 10.2. The summed E-state index contributed by atoms with van der Waals surface area (Å²) in [7, 11) is 0. The maximum Gasteiger partial charge on any atom is 0.220 e. The number of aromatic nitrogens is 3. The van der Waals surface area contributed by atoms with E-state index in [1.807, 2.05) is 42.5 Å². The van der Waals surface area contributed by atoms with Crippen LogP contribution >= 0.6 is 11.3 Å². The number of hydrogen-bond acceptors (Lipinski definition) is 4. The van der Waals surface area contributed by atoms with Gasteiger partial charge in [-0.3, -0.25) is 4.79 Å². The lowest BCUT2D eigenvalue weighted by atomic mass is 10.0. The fourth-order valence-electron chi connectivity index (χ4n) is 3.50. The maximum atomic E-state index is 12.5. The molecule has 0 spiro atoms. The Hall–Kier alpha value is -2.73. The second kappa shape index (κ2) is 8.74. The number of para-hydroxylation sites is 3.